The molecule has 1 saturated heterocycles. The first-order valence-electron chi connectivity index (χ1n) is 7.68. The minimum absolute atomic E-state index is 0.0468. The topological polar surface area (TPSA) is 66.5 Å². The van der Waals surface area contributed by atoms with Gasteiger partial charge >= 0.3 is 0 Å². The first-order chi connectivity index (χ1) is 11.4. The molecule has 1 aromatic rings. The molecule has 1 fully saturated rings. The van der Waals surface area contributed by atoms with Gasteiger partial charge in [0.2, 0.25) is 17.7 Å². The molecule has 3 amide bonds. The molecule has 24 heavy (non-hydrogen) atoms. The fourth-order valence-corrected chi connectivity index (χ4v) is 3.31. The smallest absolute Gasteiger partial charge is 0.247 e. The van der Waals surface area contributed by atoms with Crippen LogP contribution in [-0.4, -0.2) is 28.7 Å². The van der Waals surface area contributed by atoms with E-state index in [0.29, 0.717) is 12.8 Å². The van der Waals surface area contributed by atoms with Crippen molar-refractivity contribution in [2.75, 3.05) is 5.32 Å². The van der Waals surface area contributed by atoms with Gasteiger partial charge in [-0.1, -0.05) is 23.8 Å². The lowest BCUT2D eigenvalue weighted by molar-refractivity contribution is -0.146. The maximum Gasteiger partial charge on any atom is 0.247 e. The molecule has 3 atom stereocenters. The van der Waals surface area contributed by atoms with E-state index in [9.17, 15) is 18.8 Å². The van der Waals surface area contributed by atoms with Crippen LogP contribution in [0.25, 0.3) is 0 Å². The second-order valence-electron chi connectivity index (χ2n) is 5.99. The maximum atomic E-state index is 13.8. The number of nitrogens with zero attached hydrogens (tertiary/aromatic N) is 1. The van der Waals surface area contributed by atoms with E-state index in [1.54, 1.807) is 0 Å². The molecule has 2 aliphatic rings. The van der Waals surface area contributed by atoms with E-state index in [4.69, 9.17) is 11.6 Å². The van der Waals surface area contributed by atoms with Gasteiger partial charge in [-0.3, -0.25) is 19.3 Å². The number of fused-ring (bicyclic) bond motifs is 1. The number of imide groups is 1. The summed E-state index contributed by atoms with van der Waals surface area (Å²) in [7, 11) is 0. The lowest BCUT2D eigenvalue weighted by Gasteiger charge is -2.22. The average Bonchev–Trinajstić information content (AvgIpc) is 2.81. The summed E-state index contributed by atoms with van der Waals surface area (Å²) in [4.78, 5) is 38.3. The van der Waals surface area contributed by atoms with Crippen LogP contribution in [0.4, 0.5) is 10.1 Å². The Morgan fingerprint density at radius 2 is 1.83 bits per heavy atom. The molecule has 0 spiro atoms. The third-order valence-electron chi connectivity index (χ3n) is 4.50. The lowest BCUT2D eigenvalue weighted by Crippen LogP contribution is -2.46. The first-order valence-corrected chi connectivity index (χ1v) is 8.05. The number of hydrogen-bond donors (Lipinski definition) is 1. The van der Waals surface area contributed by atoms with Gasteiger partial charge in [0.25, 0.3) is 0 Å². The van der Waals surface area contributed by atoms with Crippen LogP contribution >= 0.6 is 11.6 Å². The van der Waals surface area contributed by atoms with Gasteiger partial charge in [-0.2, -0.15) is 0 Å². The van der Waals surface area contributed by atoms with Gasteiger partial charge in [0.1, 0.15) is 11.9 Å². The zero-order valence-electron chi connectivity index (χ0n) is 13.0. The lowest BCUT2D eigenvalue weighted by atomic mass is 9.85. The molecule has 0 bridgehead atoms. The van der Waals surface area contributed by atoms with Crippen LogP contribution in [0.5, 0.6) is 0 Å². The number of rotatable bonds is 3. The number of halogens is 2. The summed E-state index contributed by atoms with van der Waals surface area (Å²) in [6.45, 7) is 1.46. The summed E-state index contributed by atoms with van der Waals surface area (Å²) in [6, 6.07) is 2.84. The molecule has 5 nitrogen and oxygen atoms in total. The summed E-state index contributed by atoms with van der Waals surface area (Å²) in [6.07, 6.45) is 4.77. The summed E-state index contributed by atoms with van der Waals surface area (Å²) < 4.78 is 13.8. The Bertz CT molecular complexity index is 723. The number of likely N-dealkylation sites (tertiary alicyclic amines) is 1. The van der Waals surface area contributed by atoms with E-state index in [0.717, 1.165) is 11.0 Å². The quantitative estimate of drug-likeness (QED) is 0.673. The molecule has 1 aliphatic heterocycles. The monoisotopic (exact) mass is 350 g/mol. The Hall–Kier alpha value is -2.21. The van der Waals surface area contributed by atoms with E-state index in [-0.39, 0.29) is 22.5 Å². The fraction of sp³-hybridized carbons (Fsp3) is 0.353. The Kier molecular flexibility index (Phi) is 4.41. The zero-order chi connectivity index (χ0) is 17.4. The van der Waals surface area contributed by atoms with Crippen molar-refractivity contribution >= 4 is 35.0 Å². The van der Waals surface area contributed by atoms with Crippen molar-refractivity contribution in [3.63, 3.8) is 0 Å². The largest absolute Gasteiger partial charge is 0.322 e. The molecule has 7 heteroatoms. The molecule has 0 unspecified atom stereocenters. The predicted molar refractivity (Wildman–Crippen MR) is 86.7 cm³/mol. The summed E-state index contributed by atoms with van der Waals surface area (Å²) in [5.41, 5.74) is -0.0468. The number of amides is 3. The first kappa shape index (κ1) is 16.6. The molecule has 0 radical (unpaired) electrons. The van der Waals surface area contributed by atoms with Crippen molar-refractivity contribution in [3.05, 3.63) is 41.2 Å². The van der Waals surface area contributed by atoms with Gasteiger partial charge in [-0.25, -0.2) is 4.39 Å². The van der Waals surface area contributed by atoms with Crippen LogP contribution in [0.2, 0.25) is 5.02 Å². The summed E-state index contributed by atoms with van der Waals surface area (Å²) >= 11 is 5.67. The molecular weight excluding hydrogens is 335 g/mol. The van der Waals surface area contributed by atoms with E-state index >= 15 is 0 Å². The Morgan fingerprint density at radius 1 is 1.25 bits per heavy atom. The standard InChI is InChI=1S/C17H16ClFN2O3/c1-9(15(22)20-14-7-6-10(18)8-13(14)19)21-16(23)11-4-2-3-5-12(11)17(21)24/h2-3,6-9,11-12H,4-5H2,1H3,(H,20,22)/t9-,11-,12-/m0/s1. The van der Waals surface area contributed by atoms with Gasteiger partial charge in [0.05, 0.1) is 17.5 Å². The van der Waals surface area contributed by atoms with Crippen LogP contribution < -0.4 is 5.32 Å². The number of allylic oxidation sites excluding steroid dienone is 2. The van der Waals surface area contributed by atoms with Crippen molar-refractivity contribution in [2.24, 2.45) is 11.8 Å². The number of benzene rings is 1. The van der Waals surface area contributed by atoms with Crippen molar-refractivity contribution < 1.29 is 18.8 Å². The second-order valence-corrected chi connectivity index (χ2v) is 6.43. The normalized spacial score (nSPS) is 24.0. The SMILES string of the molecule is C[C@@H](C(=O)Nc1ccc(Cl)cc1F)N1C(=O)[C@H]2CC=CC[C@@H]2C1=O. The Balaban J connectivity index is 1.76. The maximum absolute atomic E-state index is 13.8. The zero-order valence-corrected chi connectivity index (χ0v) is 13.7. The number of hydrogen-bond acceptors (Lipinski definition) is 3. The van der Waals surface area contributed by atoms with Crippen LogP contribution in [0.1, 0.15) is 19.8 Å². The van der Waals surface area contributed by atoms with E-state index in [1.807, 2.05) is 12.2 Å². The van der Waals surface area contributed by atoms with Crippen LogP contribution in [0.15, 0.2) is 30.4 Å². The molecule has 1 heterocycles. The molecule has 1 aromatic carbocycles. The van der Waals surface area contributed by atoms with E-state index in [2.05, 4.69) is 5.32 Å². The minimum Gasteiger partial charge on any atom is -0.322 e. The van der Waals surface area contributed by atoms with Crippen LogP contribution in [-0.2, 0) is 14.4 Å². The molecule has 126 valence electrons. The molecule has 1 aliphatic carbocycles. The van der Waals surface area contributed by atoms with Gasteiger partial charge in [-0.15, -0.1) is 0 Å². The van der Waals surface area contributed by atoms with Crippen LogP contribution in [0, 0.1) is 17.7 Å². The third-order valence-corrected chi connectivity index (χ3v) is 4.73. The second kappa shape index (κ2) is 6.36. The molecular formula is C17H16ClFN2O3. The van der Waals surface area contributed by atoms with Crippen molar-refractivity contribution in [1.82, 2.24) is 4.90 Å². The fourth-order valence-electron chi connectivity index (χ4n) is 3.15. The summed E-state index contributed by atoms with van der Waals surface area (Å²) in [5, 5.41) is 2.61. The number of carbonyl (C=O) groups is 3. The number of carbonyl (C=O) groups excluding carboxylic acids is 3. The number of nitrogens with one attached hydrogen (secondary N) is 1. The van der Waals surface area contributed by atoms with E-state index in [1.165, 1.54) is 19.1 Å². The van der Waals surface area contributed by atoms with Crippen molar-refractivity contribution in [3.8, 4) is 0 Å². The minimum atomic E-state index is -1.01. The van der Waals surface area contributed by atoms with Crippen LogP contribution in [0.3, 0.4) is 0 Å². The van der Waals surface area contributed by atoms with Gasteiger partial charge in [0.15, 0.2) is 0 Å². The molecule has 0 saturated carbocycles. The van der Waals surface area contributed by atoms with E-state index < -0.39 is 29.6 Å². The molecule has 0 aromatic heterocycles. The van der Waals surface area contributed by atoms with Crippen molar-refractivity contribution in [2.45, 2.75) is 25.8 Å². The highest BCUT2D eigenvalue weighted by molar-refractivity contribution is 6.30. The predicted octanol–water partition coefficient (Wildman–Crippen LogP) is 2.76. The third kappa shape index (κ3) is 2.82. The Morgan fingerprint density at radius 3 is 2.38 bits per heavy atom. The number of anilines is 1. The van der Waals surface area contributed by atoms with Gasteiger partial charge < -0.3 is 5.32 Å². The van der Waals surface area contributed by atoms with Crippen molar-refractivity contribution in [1.29, 1.82) is 0 Å². The highest BCUT2D eigenvalue weighted by Gasteiger charge is 2.50. The molecule has 3 rings (SSSR count). The highest BCUT2D eigenvalue weighted by atomic mass is 35.5. The highest BCUT2D eigenvalue weighted by Crippen LogP contribution is 2.36. The van der Waals surface area contributed by atoms with Gasteiger partial charge in [0, 0.05) is 5.02 Å². The Labute approximate surface area is 143 Å². The van der Waals surface area contributed by atoms with Gasteiger partial charge in [-0.05, 0) is 38.0 Å². The molecule has 1 N–H and O–H groups in total. The average molecular weight is 351 g/mol. The summed E-state index contributed by atoms with van der Waals surface area (Å²) in [5.74, 6) is -2.78.